The van der Waals surface area contributed by atoms with Crippen molar-refractivity contribution in [2.75, 3.05) is 5.73 Å². The van der Waals surface area contributed by atoms with Crippen molar-refractivity contribution in [3.63, 3.8) is 0 Å². The first-order valence-corrected chi connectivity index (χ1v) is 9.73. The molecule has 0 saturated heterocycles. The van der Waals surface area contributed by atoms with Crippen LogP contribution in [0.15, 0.2) is 71.8 Å². The van der Waals surface area contributed by atoms with E-state index >= 15 is 0 Å². The molecule has 7 heteroatoms. The maximum atomic E-state index is 12.2. The molecule has 30 heavy (non-hydrogen) atoms. The summed E-state index contributed by atoms with van der Waals surface area (Å²) in [5, 5.41) is 4.56. The second-order valence-electron chi connectivity index (χ2n) is 7.37. The molecular weight excluding hydrogens is 376 g/mol. The van der Waals surface area contributed by atoms with Gasteiger partial charge in [-0.2, -0.15) is 5.10 Å². The number of aryl methyl sites for hydroxylation is 1. The molecule has 0 aliphatic rings. The molecule has 4 aromatic rings. The van der Waals surface area contributed by atoms with Gasteiger partial charge in [0.15, 0.2) is 18.2 Å². The molecule has 0 amide bonds. The number of hydrogen-bond acceptors (Lipinski definition) is 5. The zero-order valence-corrected chi connectivity index (χ0v) is 17.1. The summed E-state index contributed by atoms with van der Waals surface area (Å²) in [7, 11) is 1.95. The Labute approximate surface area is 174 Å². The smallest absolute Gasteiger partial charge is 0.267 e. The molecule has 0 aliphatic heterocycles. The number of aromatic nitrogens is 5. The first kappa shape index (κ1) is 19.4. The van der Waals surface area contributed by atoms with Crippen LogP contribution in [0.1, 0.15) is 19.9 Å². The van der Waals surface area contributed by atoms with Gasteiger partial charge in [0, 0.05) is 29.3 Å². The van der Waals surface area contributed by atoms with Gasteiger partial charge in [-0.05, 0) is 19.9 Å². The molecule has 3 aromatic heterocycles. The number of nitrogens with two attached hydrogens (primary N) is 1. The first-order chi connectivity index (χ1) is 14.4. The highest BCUT2D eigenvalue weighted by Gasteiger charge is 2.19. The lowest BCUT2D eigenvalue weighted by molar-refractivity contribution is -0.671. The van der Waals surface area contributed by atoms with Gasteiger partial charge in [-0.1, -0.05) is 30.3 Å². The molecule has 4 rings (SSSR count). The summed E-state index contributed by atoms with van der Waals surface area (Å²) in [4.78, 5) is 21.8. The number of anilines is 1. The van der Waals surface area contributed by atoms with Gasteiger partial charge < -0.3 is 5.73 Å². The van der Waals surface area contributed by atoms with Gasteiger partial charge in [0.1, 0.15) is 29.8 Å². The Kier molecular flexibility index (Phi) is 5.10. The molecule has 0 fully saturated rings. The molecule has 0 radical (unpaired) electrons. The average Bonchev–Trinajstić information content (AvgIpc) is 2.75. The van der Waals surface area contributed by atoms with Gasteiger partial charge in [0.25, 0.3) is 5.56 Å². The summed E-state index contributed by atoms with van der Waals surface area (Å²) in [6.07, 6.45) is 3.86. The summed E-state index contributed by atoms with van der Waals surface area (Å²) in [6, 6.07) is 16.7. The number of hydrogen-bond donors (Lipinski definition) is 1. The minimum absolute atomic E-state index is 0.0760. The van der Waals surface area contributed by atoms with Crippen molar-refractivity contribution in [2.45, 2.75) is 19.9 Å². The molecule has 7 nitrogen and oxygen atoms in total. The molecule has 150 valence electrons. The minimum atomic E-state index is -0.158. The van der Waals surface area contributed by atoms with Gasteiger partial charge in [-0.3, -0.25) is 4.79 Å². The van der Waals surface area contributed by atoms with E-state index < -0.39 is 0 Å². The highest BCUT2D eigenvalue weighted by atomic mass is 16.1. The predicted octanol–water partition coefficient (Wildman–Crippen LogP) is 3.02. The quantitative estimate of drug-likeness (QED) is 0.533. The maximum Gasteiger partial charge on any atom is 0.267 e. The normalized spacial score (nSPS) is 11.1. The molecule has 0 unspecified atom stereocenters. The van der Waals surface area contributed by atoms with Gasteiger partial charge in [0.2, 0.25) is 0 Å². The zero-order chi connectivity index (χ0) is 21.3. The average molecular weight is 399 g/mol. The van der Waals surface area contributed by atoms with Crippen molar-refractivity contribution in [3.05, 3.63) is 77.3 Å². The van der Waals surface area contributed by atoms with Crippen molar-refractivity contribution in [1.82, 2.24) is 19.7 Å². The van der Waals surface area contributed by atoms with Crippen molar-refractivity contribution in [1.29, 1.82) is 0 Å². The van der Waals surface area contributed by atoms with E-state index in [-0.39, 0.29) is 11.6 Å². The van der Waals surface area contributed by atoms with Gasteiger partial charge in [0.05, 0.1) is 6.04 Å². The lowest BCUT2D eigenvalue weighted by Gasteiger charge is -2.14. The van der Waals surface area contributed by atoms with Crippen molar-refractivity contribution in [3.8, 4) is 33.9 Å². The van der Waals surface area contributed by atoms with Crippen LogP contribution in [0.2, 0.25) is 0 Å². The van der Waals surface area contributed by atoms with Crippen molar-refractivity contribution < 1.29 is 4.57 Å². The van der Waals surface area contributed by atoms with Crippen LogP contribution in [0.5, 0.6) is 0 Å². The van der Waals surface area contributed by atoms with Crippen LogP contribution in [-0.4, -0.2) is 19.7 Å². The second kappa shape index (κ2) is 7.87. The van der Waals surface area contributed by atoms with Crippen molar-refractivity contribution >= 4 is 5.82 Å². The molecule has 0 bridgehead atoms. The number of nitrogen functional groups attached to an aromatic ring is 1. The summed E-state index contributed by atoms with van der Waals surface area (Å²) >= 11 is 0. The minimum Gasteiger partial charge on any atom is -0.382 e. The number of benzene rings is 1. The summed E-state index contributed by atoms with van der Waals surface area (Å²) < 4.78 is 3.39. The van der Waals surface area contributed by atoms with Crippen LogP contribution in [0, 0.1) is 0 Å². The molecule has 3 heterocycles. The number of nitrogens with zero attached hydrogens (tertiary/aromatic N) is 5. The highest BCUT2D eigenvalue weighted by Crippen LogP contribution is 2.32. The maximum absolute atomic E-state index is 12.2. The van der Waals surface area contributed by atoms with E-state index in [0.29, 0.717) is 28.6 Å². The van der Waals surface area contributed by atoms with E-state index in [2.05, 4.69) is 5.10 Å². The molecule has 0 saturated carbocycles. The standard InChI is InChI=1S/C23H22N6O/c1-15(2)29-19(30)10-9-18(27-29)22-20(16-7-5-4-6-8-16)26-23(24)21(25-22)17-11-13-28(3)14-12-17/h4-15,24H,1-3H3/p+1. The Morgan fingerprint density at radius 2 is 1.53 bits per heavy atom. The van der Waals surface area contributed by atoms with Crippen LogP contribution in [-0.2, 0) is 7.05 Å². The van der Waals surface area contributed by atoms with E-state index in [4.69, 9.17) is 15.7 Å². The lowest BCUT2D eigenvalue weighted by Crippen LogP contribution is -2.25. The van der Waals surface area contributed by atoms with E-state index in [9.17, 15) is 4.79 Å². The third kappa shape index (κ3) is 3.69. The first-order valence-electron chi connectivity index (χ1n) is 9.73. The topological polar surface area (TPSA) is 90.6 Å². The van der Waals surface area contributed by atoms with Gasteiger partial charge >= 0.3 is 0 Å². The van der Waals surface area contributed by atoms with E-state index in [1.54, 1.807) is 6.07 Å². The van der Waals surface area contributed by atoms with E-state index in [0.717, 1.165) is 11.1 Å². The van der Waals surface area contributed by atoms with Crippen LogP contribution in [0.4, 0.5) is 5.82 Å². The molecule has 0 aliphatic carbocycles. The second-order valence-corrected chi connectivity index (χ2v) is 7.37. The lowest BCUT2D eigenvalue weighted by atomic mass is 10.1. The Hall–Kier alpha value is -3.87. The van der Waals surface area contributed by atoms with Crippen LogP contribution in [0.3, 0.4) is 0 Å². The van der Waals surface area contributed by atoms with E-state index in [1.807, 2.05) is 80.3 Å². The van der Waals surface area contributed by atoms with Crippen LogP contribution >= 0.6 is 0 Å². The fourth-order valence-electron chi connectivity index (χ4n) is 3.22. The summed E-state index contributed by atoms with van der Waals surface area (Å²) in [5.74, 6) is 0.337. The summed E-state index contributed by atoms with van der Waals surface area (Å²) in [6.45, 7) is 3.83. The number of rotatable bonds is 4. The number of pyridine rings is 1. The predicted molar refractivity (Wildman–Crippen MR) is 116 cm³/mol. The van der Waals surface area contributed by atoms with Crippen LogP contribution < -0.4 is 15.9 Å². The Morgan fingerprint density at radius 1 is 0.867 bits per heavy atom. The Morgan fingerprint density at radius 3 is 2.20 bits per heavy atom. The molecule has 2 N–H and O–H groups in total. The zero-order valence-electron chi connectivity index (χ0n) is 17.1. The fraction of sp³-hybridized carbons (Fsp3) is 0.174. The summed E-state index contributed by atoms with van der Waals surface area (Å²) in [5.41, 5.74) is 10.2. The van der Waals surface area contributed by atoms with Gasteiger partial charge in [-0.25, -0.2) is 19.2 Å². The third-order valence-electron chi connectivity index (χ3n) is 4.78. The largest absolute Gasteiger partial charge is 0.382 e. The Bertz CT molecular complexity index is 1250. The monoisotopic (exact) mass is 399 g/mol. The van der Waals surface area contributed by atoms with Crippen molar-refractivity contribution in [2.24, 2.45) is 7.05 Å². The SMILES string of the molecule is CC(C)n1nc(-c2nc(-c3cc[n+](C)cc3)c(N)nc2-c2ccccc2)ccc1=O. The molecule has 1 aromatic carbocycles. The van der Waals surface area contributed by atoms with Gasteiger partial charge in [-0.15, -0.1) is 0 Å². The Balaban J connectivity index is 1.99. The fourth-order valence-corrected chi connectivity index (χ4v) is 3.22. The highest BCUT2D eigenvalue weighted by molar-refractivity contribution is 5.81. The van der Waals surface area contributed by atoms with Crippen LogP contribution in [0.25, 0.3) is 33.9 Å². The molecular formula is C23H23N6O+. The molecule has 0 spiro atoms. The van der Waals surface area contributed by atoms with E-state index in [1.165, 1.54) is 10.7 Å². The molecule has 0 atom stereocenters. The third-order valence-corrected chi connectivity index (χ3v) is 4.78.